The minimum Gasteiger partial charge on any atom is -0.507 e. The van der Waals surface area contributed by atoms with Gasteiger partial charge in [-0.25, -0.2) is 0 Å². The molecule has 9 nitrogen and oxygen atoms in total. The number of nitrogens with one attached hydrogen (secondary N) is 2. The van der Waals surface area contributed by atoms with Crippen LogP contribution in [-0.4, -0.2) is 64.2 Å². The number of phenolic OH excluding ortho intramolecular Hbond substituents is 1. The molecule has 0 atom stereocenters. The summed E-state index contributed by atoms with van der Waals surface area (Å²) in [6.07, 6.45) is 9.40. The first kappa shape index (κ1) is 23.1. The normalized spacial score (nSPS) is 18.3. The van der Waals surface area contributed by atoms with E-state index in [0.29, 0.717) is 35.6 Å². The van der Waals surface area contributed by atoms with E-state index >= 15 is 0 Å². The van der Waals surface area contributed by atoms with Crippen molar-refractivity contribution in [3.8, 4) is 11.8 Å². The molecule has 0 radical (unpaired) electrons. The predicted octanol–water partition coefficient (Wildman–Crippen LogP) is 3.86. The third kappa shape index (κ3) is 6.02. The van der Waals surface area contributed by atoms with Crippen molar-refractivity contribution in [2.75, 3.05) is 42.7 Å². The fourth-order valence-corrected chi connectivity index (χ4v) is 4.63. The number of likely N-dealkylation sites (tertiary alicyclic amines) is 1. The number of phenols is 1. The highest BCUT2D eigenvalue weighted by Crippen LogP contribution is 2.26. The molecule has 2 aliphatic rings. The minimum atomic E-state index is -0.0443. The van der Waals surface area contributed by atoms with E-state index in [9.17, 15) is 10.4 Å². The summed E-state index contributed by atoms with van der Waals surface area (Å²) in [4.78, 5) is 18.7. The molecule has 0 unspecified atom stereocenters. The molecule has 0 spiro atoms. The average Bonchev–Trinajstić information content (AvgIpc) is 3.09. The van der Waals surface area contributed by atoms with E-state index in [0.717, 1.165) is 38.8 Å². The molecule has 1 saturated heterocycles. The largest absolute Gasteiger partial charge is 0.507 e. The van der Waals surface area contributed by atoms with Crippen LogP contribution in [0.4, 0.5) is 23.5 Å². The summed E-state index contributed by atoms with van der Waals surface area (Å²) < 4.78 is 0. The van der Waals surface area contributed by atoms with Gasteiger partial charge in [0.15, 0.2) is 0 Å². The third-order valence-electron chi connectivity index (χ3n) is 6.74. The second kappa shape index (κ2) is 10.7. The lowest BCUT2D eigenvalue weighted by atomic mass is 10.0. The SMILES string of the molecule is CN1CCC(N(C)c2nc(Nc3ccc(O)c(C#N)c3)nc(NC3CCCCCC3)n2)CC1. The minimum absolute atomic E-state index is 0.0443. The maximum atomic E-state index is 9.82. The third-order valence-corrected chi connectivity index (χ3v) is 6.74. The number of aromatic nitrogens is 3. The van der Waals surface area contributed by atoms with Gasteiger partial charge in [0, 0.05) is 24.8 Å². The van der Waals surface area contributed by atoms with Crippen LogP contribution in [0.15, 0.2) is 18.2 Å². The second-order valence-electron chi connectivity index (χ2n) is 9.23. The lowest BCUT2D eigenvalue weighted by Crippen LogP contribution is -2.42. The lowest BCUT2D eigenvalue weighted by molar-refractivity contribution is 0.252. The van der Waals surface area contributed by atoms with Gasteiger partial charge in [-0.3, -0.25) is 0 Å². The van der Waals surface area contributed by atoms with Gasteiger partial charge in [-0.15, -0.1) is 0 Å². The van der Waals surface area contributed by atoms with Crippen LogP contribution in [0, 0.1) is 11.3 Å². The van der Waals surface area contributed by atoms with Crippen molar-refractivity contribution < 1.29 is 5.11 Å². The number of benzene rings is 1. The summed E-state index contributed by atoms with van der Waals surface area (Å²) in [5, 5.41) is 25.8. The van der Waals surface area contributed by atoms with E-state index < -0.39 is 0 Å². The van der Waals surface area contributed by atoms with Crippen LogP contribution < -0.4 is 15.5 Å². The number of anilines is 4. The Morgan fingerprint density at radius 3 is 2.42 bits per heavy atom. The quantitative estimate of drug-likeness (QED) is 0.446. The van der Waals surface area contributed by atoms with Crippen LogP contribution in [0.1, 0.15) is 56.9 Å². The fraction of sp³-hybridized carbons (Fsp3) is 0.583. The van der Waals surface area contributed by atoms with Crippen LogP contribution in [-0.2, 0) is 0 Å². The monoisotopic (exact) mass is 450 g/mol. The molecule has 1 aromatic carbocycles. The van der Waals surface area contributed by atoms with E-state index in [-0.39, 0.29) is 11.3 Å². The van der Waals surface area contributed by atoms with E-state index in [4.69, 9.17) is 9.97 Å². The summed E-state index contributed by atoms with van der Waals surface area (Å²) in [5.41, 5.74) is 0.846. The van der Waals surface area contributed by atoms with Crippen LogP contribution >= 0.6 is 0 Å². The Kier molecular flexibility index (Phi) is 7.45. The summed E-state index contributed by atoms with van der Waals surface area (Å²) in [6.45, 7) is 2.12. The van der Waals surface area contributed by atoms with Crippen LogP contribution in [0.25, 0.3) is 0 Å². The molecule has 2 fully saturated rings. The number of nitrogens with zero attached hydrogens (tertiary/aromatic N) is 6. The number of rotatable bonds is 6. The summed E-state index contributed by atoms with van der Waals surface area (Å²) in [5.74, 6) is 1.59. The number of hydrogen-bond acceptors (Lipinski definition) is 9. The van der Waals surface area contributed by atoms with Crippen molar-refractivity contribution in [3.05, 3.63) is 23.8 Å². The highest BCUT2D eigenvalue weighted by molar-refractivity contribution is 5.61. The molecule has 0 amide bonds. The number of piperidine rings is 1. The van der Waals surface area contributed by atoms with E-state index in [1.165, 1.54) is 31.7 Å². The predicted molar refractivity (Wildman–Crippen MR) is 130 cm³/mol. The lowest BCUT2D eigenvalue weighted by Gasteiger charge is -2.35. The zero-order valence-corrected chi connectivity index (χ0v) is 19.6. The Bertz CT molecular complexity index is 975. The summed E-state index contributed by atoms with van der Waals surface area (Å²) in [7, 11) is 4.21. The van der Waals surface area contributed by atoms with Crippen molar-refractivity contribution in [2.24, 2.45) is 0 Å². The zero-order chi connectivity index (χ0) is 23.2. The highest BCUT2D eigenvalue weighted by atomic mass is 16.3. The number of aromatic hydroxyl groups is 1. The molecular weight excluding hydrogens is 416 g/mol. The van der Waals surface area contributed by atoms with E-state index in [1.54, 1.807) is 12.1 Å². The molecule has 1 aliphatic heterocycles. The van der Waals surface area contributed by atoms with Crippen LogP contribution in [0.2, 0.25) is 0 Å². The van der Waals surface area contributed by atoms with Crippen molar-refractivity contribution in [2.45, 2.75) is 63.5 Å². The standard InChI is InChI=1S/C24H34N8O/c1-31-13-11-20(12-14-31)32(2)24-29-22(26-18-7-5-3-4-6-8-18)28-23(30-24)27-19-9-10-21(33)17(15-19)16-25/h9-10,15,18,20,33H,3-8,11-14H2,1-2H3,(H2,26,27,28,29,30). The van der Waals surface area contributed by atoms with Gasteiger partial charge in [-0.1, -0.05) is 25.7 Å². The maximum absolute atomic E-state index is 9.82. The second-order valence-corrected chi connectivity index (χ2v) is 9.23. The molecule has 1 aliphatic carbocycles. The molecular formula is C24H34N8O. The smallest absolute Gasteiger partial charge is 0.233 e. The zero-order valence-electron chi connectivity index (χ0n) is 19.6. The average molecular weight is 451 g/mol. The molecule has 2 aromatic rings. The van der Waals surface area contributed by atoms with Crippen molar-refractivity contribution >= 4 is 23.5 Å². The molecule has 9 heteroatoms. The Morgan fingerprint density at radius 2 is 1.73 bits per heavy atom. The van der Waals surface area contributed by atoms with Gasteiger partial charge in [0.25, 0.3) is 0 Å². The first-order valence-corrected chi connectivity index (χ1v) is 12.0. The summed E-state index contributed by atoms with van der Waals surface area (Å²) in [6, 6.07) is 7.54. The Hall–Kier alpha value is -3.12. The van der Waals surface area contributed by atoms with Gasteiger partial charge >= 0.3 is 0 Å². The van der Waals surface area contributed by atoms with Gasteiger partial charge < -0.3 is 25.5 Å². The van der Waals surface area contributed by atoms with Crippen LogP contribution in [0.5, 0.6) is 5.75 Å². The molecule has 3 N–H and O–H groups in total. The van der Waals surface area contributed by atoms with Gasteiger partial charge in [-0.05, 0) is 64.0 Å². The first-order valence-electron chi connectivity index (χ1n) is 12.0. The molecule has 1 saturated carbocycles. The molecule has 33 heavy (non-hydrogen) atoms. The van der Waals surface area contributed by atoms with Gasteiger partial charge in [-0.2, -0.15) is 20.2 Å². The molecule has 4 rings (SSSR count). The number of hydrogen-bond donors (Lipinski definition) is 3. The van der Waals surface area contributed by atoms with Gasteiger partial charge in [0.05, 0.1) is 5.56 Å². The van der Waals surface area contributed by atoms with Gasteiger partial charge in [0.1, 0.15) is 11.8 Å². The van der Waals surface area contributed by atoms with E-state index in [1.807, 2.05) is 6.07 Å². The Morgan fingerprint density at radius 1 is 1.03 bits per heavy atom. The summed E-state index contributed by atoms with van der Waals surface area (Å²) >= 11 is 0. The Balaban J connectivity index is 1.60. The van der Waals surface area contributed by atoms with Crippen LogP contribution in [0.3, 0.4) is 0 Å². The molecule has 0 bridgehead atoms. The van der Waals surface area contributed by atoms with Crippen molar-refractivity contribution in [1.29, 1.82) is 5.26 Å². The fourth-order valence-electron chi connectivity index (χ4n) is 4.63. The molecule has 176 valence electrons. The van der Waals surface area contributed by atoms with Crippen molar-refractivity contribution in [3.63, 3.8) is 0 Å². The molecule has 2 heterocycles. The highest BCUT2D eigenvalue weighted by Gasteiger charge is 2.24. The maximum Gasteiger partial charge on any atom is 0.233 e. The number of nitriles is 1. The first-order chi connectivity index (χ1) is 16.0. The van der Waals surface area contributed by atoms with E-state index in [2.05, 4.69) is 39.5 Å². The molecule has 1 aromatic heterocycles. The topological polar surface area (TPSA) is 113 Å². The van der Waals surface area contributed by atoms with Crippen molar-refractivity contribution in [1.82, 2.24) is 19.9 Å². The van der Waals surface area contributed by atoms with Gasteiger partial charge in [0.2, 0.25) is 17.8 Å². The Labute approximate surface area is 195 Å².